The van der Waals surface area contributed by atoms with Gasteiger partial charge in [-0.1, -0.05) is 53.8 Å². The number of fused-ring (bicyclic) bond motifs is 1. The average Bonchev–Trinajstić information content (AvgIpc) is 3.54. The van der Waals surface area contributed by atoms with Crippen LogP contribution >= 0.6 is 22.7 Å². The van der Waals surface area contributed by atoms with Gasteiger partial charge >= 0.3 is 0 Å². The van der Waals surface area contributed by atoms with Crippen molar-refractivity contribution in [1.29, 1.82) is 0 Å². The van der Waals surface area contributed by atoms with Crippen LogP contribution in [-0.2, 0) is 21.4 Å². The van der Waals surface area contributed by atoms with Gasteiger partial charge in [-0.3, -0.25) is 9.69 Å². The van der Waals surface area contributed by atoms with Crippen LogP contribution in [0.15, 0.2) is 64.2 Å². The van der Waals surface area contributed by atoms with E-state index in [1.54, 1.807) is 22.4 Å². The van der Waals surface area contributed by atoms with Gasteiger partial charge in [0.05, 0.1) is 16.8 Å². The Morgan fingerprint density at radius 1 is 1.09 bits per heavy atom. The van der Waals surface area contributed by atoms with Crippen molar-refractivity contribution in [2.45, 2.75) is 37.4 Å². The molecule has 0 atom stereocenters. The molecular weight excluding hydrogens is 499 g/mol. The number of sulfonamides is 1. The molecule has 182 valence electrons. The molecule has 9 heteroatoms. The average molecular weight is 526 g/mol. The second kappa shape index (κ2) is 9.81. The fourth-order valence-corrected chi connectivity index (χ4v) is 8.34. The third-order valence-corrected chi connectivity index (χ3v) is 10.7. The minimum atomic E-state index is -3.50. The van der Waals surface area contributed by atoms with Crippen molar-refractivity contribution in [3.05, 3.63) is 76.7 Å². The summed E-state index contributed by atoms with van der Waals surface area (Å²) in [5, 5.41) is 2.46. The lowest BCUT2D eigenvalue weighted by Gasteiger charge is -2.32. The third kappa shape index (κ3) is 4.91. The number of piperidine rings is 1. The van der Waals surface area contributed by atoms with Crippen LogP contribution in [0.25, 0.3) is 10.2 Å². The topological polar surface area (TPSA) is 70.6 Å². The quantitative estimate of drug-likeness (QED) is 0.328. The van der Waals surface area contributed by atoms with Gasteiger partial charge in [0.25, 0.3) is 10.0 Å². The van der Waals surface area contributed by atoms with Crippen molar-refractivity contribution in [3.63, 3.8) is 0 Å². The summed E-state index contributed by atoms with van der Waals surface area (Å²) in [6, 6.07) is 17.5. The summed E-state index contributed by atoms with van der Waals surface area (Å²) >= 11 is 2.76. The van der Waals surface area contributed by atoms with Gasteiger partial charge in [-0.15, -0.1) is 11.3 Å². The number of carbonyl (C=O) groups is 1. The molecule has 1 fully saturated rings. The van der Waals surface area contributed by atoms with Crippen molar-refractivity contribution in [1.82, 2.24) is 9.29 Å². The predicted octanol–water partition coefficient (Wildman–Crippen LogP) is 5.61. The summed E-state index contributed by atoms with van der Waals surface area (Å²) in [7, 11) is -3.50. The molecule has 1 aliphatic rings. The maximum atomic E-state index is 13.8. The first kappa shape index (κ1) is 24.1. The summed E-state index contributed by atoms with van der Waals surface area (Å²) in [5.41, 5.74) is 4.23. The molecular formula is C26H27N3O3S3. The number of rotatable bonds is 6. The molecule has 3 heterocycles. The van der Waals surface area contributed by atoms with Gasteiger partial charge in [-0.05, 0) is 60.9 Å². The number of aromatic nitrogens is 1. The van der Waals surface area contributed by atoms with Crippen molar-refractivity contribution < 1.29 is 13.2 Å². The van der Waals surface area contributed by atoms with Crippen LogP contribution in [0, 0.1) is 19.8 Å². The molecule has 1 amide bonds. The van der Waals surface area contributed by atoms with Crippen LogP contribution in [0.4, 0.5) is 5.13 Å². The first-order chi connectivity index (χ1) is 16.8. The van der Waals surface area contributed by atoms with Crippen LogP contribution in [0.3, 0.4) is 0 Å². The van der Waals surface area contributed by atoms with E-state index in [-0.39, 0.29) is 11.8 Å². The van der Waals surface area contributed by atoms with Crippen molar-refractivity contribution >= 4 is 54.0 Å². The molecule has 1 saturated heterocycles. The minimum Gasteiger partial charge on any atom is -0.283 e. The van der Waals surface area contributed by atoms with E-state index < -0.39 is 10.0 Å². The molecule has 0 aliphatic carbocycles. The van der Waals surface area contributed by atoms with E-state index in [0.29, 0.717) is 41.8 Å². The van der Waals surface area contributed by atoms with E-state index in [2.05, 4.69) is 19.1 Å². The highest BCUT2D eigenvalue weighted by atomic mass is 32.2. The normalized spacial score (nSPS) is 15.5. The second-order valence-corrected chi connectivity index (χ2v) is 13.1. The Bertz CT molecular complexity index is 1440. The van der Waals surface area contributed by atoms with Crippen molar-refractivity contribution in [3.8, 4) is 0 Å². The highest BCUT2D eigenvalue weighted by Gasteiger charge is 2.35. The molecule has 0 spiro atoms. The molecule has 4 aromatic rings. The lowest BCUT2D eigenvalue weighted by atomic mass is 9.96. The van der Waals surface area contributed by atoms with Gasteiger partial charge in [0.1, 0.15) is 4.21 Å². The summed E-state index contributed by atoms with van der Waals surface area (Å²) in [5.74, 6) is -0.237. The van der Waals surface area contributed by atoms with E-state index in [1.807, 2.05) is 37.3 Å². The van der Waals surface area contributed by atoms with Gasteiger partial charge in [-0.2, -0.15) is 4.31 Å². The van der Waals surface area contributed by atoms with E-state index in [4.69, 9.17) is 4.98 Å². The number of nitrogens with zero attached hydrogens (tertiary/aromatic N) is 3. The van der Waals surface area contributed by atoms with Gasteiger partial charge in [0.2, 0.25) is 5.91 Å². The Kier molecular flexibility index (Phi) is 6.76. The van der Waals surface area contributed by atoms with E-state index in [1.165, 1.54) is 32.5 Å². The fourth-order valence-electron chi connectivity index (χ4n) is 4.58. The lowest BCUT2D eigenvalue weighted by molar-refractivity contribution is -0.123. The number of benzene rings is 2. The summed E-state index contributed by atoms with van der Waals surface area (Å²) in [4.78, 5) is 20.5. The molecule has 2 aromatic carbocycles. The zero-order chi connectivity index (χ0) is 24.6. The smallest absolute Gasteiger partial charge is 0.252 e. The van der Waals surface area contributed by atoms with Crippen LogP contribution in [0.5, 0.6) is 0 Å². The Hall–Kier alpha value is -2.59. The summed E-state index contributed by atoms with van der Waals surface area (Å²) < 4.78 is 28.8. The van der Waals surface area contributed by atoms with Crippen LogP contribution in [0.2, 0.25) is 0 Å². The third-order valence-electron chi connectivity index (χ3n) is 6.39. The van der Waals surface area contributed by atoms with Crippen LogP contribution < -0.4 is 4.90 Å². The van der Waals surface area contributed by atoms with E-state index in [0.717, 1.165) is 21.3 Å². The van der Waals surface area contributed by atoms with E-state index >= 15 is 0 Å². The molecule has 2 aromatic heterocycles. The minimum absolute atomic E-state index is 0.00968. The molecule has 1 aliphatic heterocycles. The van der Waals surface area contributed by atoms with Crippen LogP contribution in [-0.4, -0.2) is 36.7 Å². The number of hydrogen-bond donors (Lipinski definition) is 0. The molecule has 0 unspecified atom stereocenters. The molecule has 35 heavy (non-hydrogen) atoms. The van der Waals surface area contributed by atoms with Crippen molar-refractivity contribution in [2.75, 3.05) is 18.0 Å². The van der Waals surface area contributed by atoms with Gasteiger partial charge in [-0.25, -0.2) is 13.4 Å². The summed E-state index contributed by atoms with van der Waals surface area (Å²) in [6.45, 7) is 5.23. The number of thiophene rings is 1. The molecule has 0 bridgehead atoms. The van der Waals surface area contributed by atoms with Gasteiger partial charge in [0.15, 0.2) is 5.13 Å². The maximum absolute atomic E-state index is 13.8. The SMILES string of the molecule is Cc1cc(C)c2nc(N(Cc3ccccc3)C(=O)C3CCN(S(=O)(=O)c4cccs4)CC3)sc2c1. The number of aryl methyl sites for hydroxylation is 2. The number of anilines is 1. The highest BCUT2D eigenvalue weighted by molar-refractivity contribution is 7.91. The molecule has 0 saturated carbocycles. The number of amides is 1. The zero-order valence-electron chi connectivity index (χ0n) is 19.7. The predicted molar refractivity (Wildman–Crippen MR) is 143 cm³/mol. The first-order valence-corrected chi connectivity index (χ1v) is 14.7. The van der Waals surface area contributed by atoms with Crippen molar-refractivity contribution in [2.24, 2.45) is 5.92 Å². The Morgan fingerprint density at radius 3 is 2.51 bits per heavy atom. The maximum Gasteiger partial charge on any atom is 0.252 e. The van der Waals surface area contributed by atoms with Gasteiger partial charge < -0.3 is 0 Å². The molecule has 0 radical (unpaired) electrons. The summed E-state index contributed by atoms with van der Waals surface area (Å²) in [6.07, 6.45) is 0.996. The number of carbonyl (C=O) groups excluding carboxylic acids is 1. The number of thiazole rings is 1. The van der Waals surface area contributed by atoms with E-state index in [9.17, 15) is 13.2 Å². The molecule has 5 rings (SSSR count). The Morgan fingerprint density at radius 2 is 1.83 bits per heavy atom. The second-order valence-electron chi connectivity index (χ2n) is 8.95. The zero-order valence-corrected chi connectivity index (χ0v) is 22.1. The Balaban J connectivity index is 1.40. The highest BCUT2D eigenvalue weighted by Crippen LogP contribution is 2.35. The Labute approximate surface area is 213 Å². The largest absolute Gasteiger partial charge is 0.283 e. The van der Waals surface area contributed by atoms with Crippen LogP contribution in [0.1, 0.15) is 29.5 Å². The lowest BCUT2D eigenvalue weighted by Crippen LogP contribution is -2.44. The standard InChI is InChI=1S/C26H27N3O3S3/c1-18-15-19(2)24-22(16-18)34-26(27-24)29(17-20-7-4-3-5-8-20)25(30)21-10-12-28(13-11-21)35(31,32)23-9-6-14-33-23/h3-9,14-16,21H,10-13,17H2,1-2H3. The molecule has 6 nitrogen and oxygen atoms in total. The molecule has 0 N–H and O–H groups in total. The van der Waals surface area contributed by atoms with Gasteiger partial charge in [0, 0.05) is 19.0 Å². The monoisotopic (exact) mass is 525 g/mol. The first-order valence-electron chi connectivity index (χ1n) is 11.6. The number of hydrogen-bond acceptors (Lipinski definition) is 6. The fraction of sp³-hybridized carbons (Fsp3) is 0.308.